The standard InChI is InChI=1S/C10H15N3O3/c14-5-8-16-10-11-2-1-9(12-10)13-3-6-15-7-4-13/h1-2,14H,3-8H2. The lowest BCUT2D eigenvalue weighted by molar-refractivity contribution is 0.122. The van der Waals surface area contributed by atoms with Crippen LogP contribution in [0, 0.1) is 0 Å². The molecule has 0 atom stereocenters. The van der Waals surface area contributed by atoms with Gasteiger partial charge in [0.05, 0.1) is 19.8 Å². The molecule has 0 radical (unpaired) electrons. The van der Waals surface area contributed by atoms with Gasteiger partial charge in [0.2, 0.25) is 0 Å². The van der Waals surface area contributed by atoms with Crippen LogP contribution in [0.1, 0.15) is 0 Å². The monoisotopic (exact) mass is 225 g/mol. The molecular formula is C10H15N3O3. The molecule has 1 aromatic heterocycles. The van der Waals surface area contributed by atoms with Gasteiger partial charge in [0.15, 0.2) is 0 Å². The van der Waals surface area contributed by atoms with Gasteiger partial charge < -0.3 is 19.5 Å². The zero-order chi connectivity index (χ0) is 11.2. The third kappa shape index (κ3) is 2.80. The quantitative estimate of drug-likeness (QED) is 0.757. The van der Waals surface area contributed by atoms with Crippen LogP contribution in [0.4, 0.5) is 5.82 Å². The van der Waals surface area contributed by atoms with E-state index in [1.165, 1.54) is 0 Å². The van der Waals surface area contributed by atoms with Crippen molar-refractivity contribution in [1.29, 1.82) is 0 Å². The van der Waals surface area contributed by atoms with Gasteiger partial charge in [-0.15, -0.1) is 0 Å². The molecule has 16 heavy (non-hydrogen) atoms. The van der Waals surface area contributed by atoms with Crippen LogP contribution in [0.5, 0.6) is 6.01 Å². The van der Waals surface area contributed by atoms with Gasteiger partial charge in [-0.1, -0.05) is 0 Å². The third-order valence-corrected chi connectivity index (χ3v) is 2.28. The number of morpholine rings is 1. The van der Waals surface area contributed by atoms with Gasteiger partial charge in [0.25, 0.3) is 0 Å². The van der Waals surface area contributed by atoms with Gasteiger partial charge in [-0.3, -0.25) is 0 Å². The van der Waals surface area contributed by atoms with Crippen LogP contribution in [0.3, 0.4) is 0 Å². The maximum atomic E-state index is 8.64. The third-order valence-electron chi connectivity index (χ3n) is 2.28. The highest BCUT2D eigenvalue weighted by Crippen LogP contribution is 2.14. The van der Waals surface area contributed by atoms with E-state index in [9.17, 15) is 0 Å². The molecule has 1 aliphatic heterocycles. The van der Waals surface area contributed by atoms with Gasteiger partial charge >= 0.3 is 6.01 Å². The molecule has 0 amide bonds. The number of hydrogen-bond acceptors (Lipinski definition) is 6. The van der Waals surface area contributed by atoms with Crippen molar-refractivity contribution < 1.29 is 14.6 Å². The number of rotatable bonds is 4. The Hall–Kier alpha value is -1.40. The van der Waals surface area contributed by atoms with E-state index in [4.69, 9.17) is 14.6 Å². The summed E-state index contributed by atoms with van der Waals surface area (Å²) < 4.78 is 10.4. The summed E-state index contributed by atoms with van der Waals surface area (Å²) >= 11 is 0. The molecule has 6 heteroatoms. The number of ether oxygens (including phenoxy) is 2. The lowest BCUT2D eigenvalue weighted by Gasteiger charge is -2.27. The Bertz CT molecular complexity index is 329. The molecule has 2 heterocycles. The van der Waals surface area contributed by atoms with Gasteiger partial charge in [-0.25, -0.2) is 4.98 Å². The minimum Gasteiger partial charge on any atom is -0.461 e. The molecule has 0 unspecified atom stereocenters. The highest BCUT2D eigenvalue weighted by molar-refractivity contribution is 5.38. The Morgan fingerprint density at radius 1 is 1.44 bits per heavy atom. The molecule has 1 saturated heterocycles. The Labute approximate surface area is 93.8 Å². The van der Waals surface area contributed by atoms with E-state index in [0.29, 0.717) is 6.01 Å². The number of aliphatic hydroxyl groups is 1. The second-order valence-electron chi connectivity index (χ2n) is 3.37. The summed E-state index contributed by atoms with van der Waals surface area (Å²) in [5.41, 5.74) is 0. The van der Waals surface area contributed by atoms with Crippen LogP contribution in [-0.2, 0) is 4.74 Å². The molecule has 0 bridgehead atoms. The summed E-state index contributed by atoms with van der Waals surface area (Å²) in [6.07, 6.45) is 1.66. The fourth-order valence-corrected chi connectivity index (χ4v) is 1.51. The molecule has 1 N–H and O–H groups in total. The first kappa shape index (κ1) is 11.1. The molecule has 1 aliphatic rings. The van der Waals surface area contributed by atoms with Crippen molar-refractivity contribution in [2.75, 3.05) is 44.4 Å². The zero-order valence-corrected chi connectivity index (χ0v) is 9.00. The largest absolute Gasteiger partial charge is 0.461 e. The van der Waals surface area contributed by atoms with Crippen molar-refractivity contribution in [1.82, 2.24) is 9.97 Å². The smallest absolute Gasteiger partial charge is 0.318 e. The van der Waals surface area contributed by atoms with Crippen LogP contribution < -0.4 is 9.64 Å². The maximum Gasteiger partial charge on any atom is 0.318 e. The molecule has 1 aromatic rings. The average Bonchev–Trinajstić information content (AvgIpc) is 2.38. The van der Waals surface area contributed by atoms with Gasteiger partial charge in [0, 0.05) is 19.3 Å². The number of nitrogens with zero attached hydrogens (tertiary/aromatic N) is 3. The van der Waals surface area contributed by atoms with Gasteiger partial charge in [0.1, 0.15) is 12.4 Å². The second kappa shape index (κ2) is 5.62. The molecule has 0 aliphatic carbocycles. The van der Waals surface area contributed by atoms with Crippen molar-refractivity contribution >= 4 is 5.82 Å². The SMILES string of the molecule is OCCOc1nccc(N2CCOCC2)n1. The molecule has 0 spiro atoms. The molecule has 0 saturated carbocycles. The highest BCUT2D eigenvalue weighted by Gasteiger charge is 2.13. The van der Waals surface area contributed by atoms with Crippen molar-refractivity contribution in [2.45, 2.75) is 0 Å². The topological polar surface area (TPSA) is 67.7 Å². The summed E-state index contributed by atoms with van der Waals surface area (Å²) in [6.45, 7) is 3.28. The fraction of sp³-hybridized carbons (Fsp3) is 0.600. The van der Waals surface area contributed by atoms with Crippen LogP contribution in [0.25, 0.3) is 0 Å². The van der Waals surface area contributed by atoms with E-state index in [0.717, 1.165) is 32.1 Å². The fourth-order valence-electron chi connectivity index (χ4n) is 1.51. The summed E-state index contributed by atoms with van der Waals surface area (Å²) in [5.74, 6) is 0.839. The van der Waals surface area contributed by atoms with Crippen molar-refractivity contribution in [2.24, 2.45) is 0 Å². The van der Waals surface area contributed by atoms with E-state index in [1.807, 2.05) is 6.07 Å². The van der Waals surface area contributed by atoms with E-state index >= 15 is 0 Å². The Morgan fingerprint density at radius 3 is 3.00 bits per heavy atom. The molecule has 2 rings (SSSR count). The van der Waals surface area contributed by atoms with Crippen molar-refractivity contribution in [3.8, 4) is 6.01 Å². The van der Waals surface area contributed by atoms with Crippen LogP contribution >= 0.6 is 0 Å². The first-order valence-electron chi connectivity index (χ1n) is 5.29. The number of aromatic nitrogens is 2. The van der Waals surface area contributed by atoms with Crippen molar-refractivity contribution in [3.05, 3.63) is 12.3 Å². The predicted molar refractivity (Wildman–Crippen MR) is 57.6 cm³/mol. The number of hydrogen-bond donors (Lipinski definition) is 1. The normalized spacial score (nSPS) is 16.2. The predicted octanol–water partition coefficient (Wildman–Crippen LogP) is -0.316. The molecule has 88 valence electrons. The first-order chi connectivity index (χ1) is 7.90. The highest BCUT2D eigenvalue weighted by atomic mass is 16.5. The molecule has 1 fully saturated rings. The Morgan fingerprint density at radius 2 is 2.25 bits per heavy atom. The zero-order valence-electron chi connectivity index (χ0n) is 9.00. The lowest BCUT2D eigenvalue weighted by Crippen LogP contribution is -2.36. The van der Waals surface area contributed by atoms with E-state index in [2.05, 4.69) is 14.9 Å². The minimum atomic E-state index is -0.0366. The minimum absolute atomic E-state index is 0.0366. The molecule has 6 nitrogen and oxygen atoms in total. The number of aliphatic hydroxyl groups excluding tert-OH is 1. The van der Waals surface area contributed by atoms with Crippen molar-refractivity contribution in [3.63, 3.8) is 0 Å². The lowest BCUT2D eigenvalue weighted by atomic mass is 10.4. The summed E-state index contributed by atoms with van der Waals surface area (Å²) in [5, 5.41) is 8.64. The van der Waals surface area contributed by atoms with Crippen LogP contribution in [0.2, 0.25) is 0 Å². The Kier molecular flexibility index (Phi) is 3.90. The Balaban J connectivity index is 2.02. The van der Waals surface area contributed by atoms with Gasteiger partial charge in [-0.05, 0) is 6.07 Å². The summed E-state index contributed by atoms with van der Waals surface area (Å²) in [6, 6.07) is 2.15. The van der Waals surface area contributed by atoms with E-state index in [1.54, 1.807) is 6.20 Å². The maximum absolute atomic E-state index is 8.64. The first-order valence-corrected chi connectivity index (χ1v) is 5.29. The number of anilines is 1. The molecular weight excluding hydrogens is 210 g/mol. The van der Waals surface area contributed by atoms with E-state index in [-0.39, 0.29) is 13.2 Å². The van der Waals surface area contributed by atoms with Crippen LogP contribution in [-0.4, -0.2) is 54.6 Å². The van der Waals surface area contributed by atoms with Gasteiger partial charge in [-0.2, -0.15) is 4.98 Å². The van der Waals surface area contributed by atoms with E-state index < -0.39 is 0 Å². The second-order valence-corrected chi connectivity index (χ2v) is 3.37. The average molecular weight is 225 g/mol. The van der Waals surface area contributed by atoms with Crippen LogP contribution in [0.15, 0.2) is 12.3 Å². The summed E-state index contributed by atoms with van der Waals surface area (Å²) in [4.78, 5) is 10.4. The molecule has 0 aromatic carbocycles. The summed E-state index contributed by atoms with van der Waals surface area (Å²) in [7, 11) is 0.